The molecule has 0 bridgehead atoms. The van der Waals surface area contributed by atoms with Gasteiger partial charge in [-0.25, -0.2) is 4.98 Å². The number of para-hydroxylation sites is 2. The number of nitrogens with one attached hydrogen (secondary N) is 1. The summed E-state index contributed by atoms with van der Waals surface area (Å²) in [7, 11) is 0. The smallest absolute Gasteiger partial charge is 0.266 e. The first-order valence-electron chi connectivity index (χ1n) is 11.2. The Morgan fingerprint density at radius 3 is 2.38 bits per heavy atom. The van der Waals surface area contributed by atoms with Crippen LogP contribution in [-0.4, -0.2) is 27.3 Å². The highest BCUT2D eigenvalue weighted by molar-refractivity contribution is 8.00. The molecule has 0 fully saturated rings. The molecule has 0 spiro atoms. The summed E-state index contributed by atoms with van der Waals surface area (Å²) in [5.74, 6) is 0.576. The maximum Gasteiger partial charge on any atom is 0.266 e. The van der Waals surface area contributed by atoms with E-state index in [9.17, 15) is 9.59 Å². The van der Waals surface area contributed by atoms with Crippen LogP contribution in [0.4, 0.5) is 5.69 Å². The largest absolute Gasteiger partial charge is 0.494 e. The number of aryl methyl sites for hydroxylation is 2. The van der Waals surface area contributed by atoms with Gasteiger partial charge in [0, 0.05) is 5.69 Å². The summed E-state index contributed by atoms with van der Waals surface area (Å²) in [6.45, 7) is 8.23. The highest BCUT2D eigenvalue weighted by atomic mass is 32.2. The molecule has 0 saturated heterocycles. The van der Waals surface area contributed by atoms with Crippen LogP contribution in [0.1, 0.15) is 25.0 Å². The Morgan fingerprint density at radius 2 is 1.71 bits per heavy atom. The summed E-state index contributed by atoms with van der Waals surface area (Å²) in [5.41, 5.74) is 3.90. The molecule has 1 N–H and O–H groups in total. The number of hydrogen-bond donors (Lipinski definition) is 1. The first kappa shape index (κ1) is 23.6. The minimum Gasteiger partial charge on any atom is -0.494 e. The summed E-state index contributed by atoms with van der Waals surface area (Å²) in [6, 6.07) is 20.5. The van der Waals surface area contributed by atoms with Crippen molar-refractivity contribution in [2.24, 2.45) is 0 Å². The maximum atomic E-state index is 13.5. The van der Waals surface area contributed by atoms with Crippen molar-refractivity contribution in [3.05, 3.63) is 88.2 Å². The van der Waals surface area contributed by atoms with Crippen LogP contribution in [0.3, 0.4) is 0 Å². The van der Waals surface area contributed by atoms with E-state index in [1.165, 1.54) is 11.8 Å². The number of aromatic nitrogens is 2. The molecule has 1 unspecified atom stereocenters. The number of ether oxygens (including phenoxy) is 1. The Bertz CT molecular complexity index is 1380. The van der Waals surface area contributed by atoms with Gasteiger partial charge in [-0.1, -0.05) is 42.1 Å². The molecule has 0 saturated carbocycles. The molecular formula is C27H27N3O3S. The number of anilines is 1. The summed E-state index contributed by atoms with van der Waals surface area (Å²) in [4.78, 5) is 31.3. The topological polar surface area (TPSA) is 73.2 Å². The average molecular weight is 474 g/mol. The van der Waals surface area contributed by atoms with Crippen molar-refractivity contribution in [2.75, 3.05) is 11.9 Å². The third kappa shape index (κ3) is 4.84. The van der Waals surface area contributed by atoms with Gasteiger partial charge in [-0.15, -0.1) is 0 Å². The van der Waals surface area contributed by atoms with E-state index in [1.54, 1.807) is 10.6 Å². The molecule has 0 aliphatic rings. The minimum absolute atomic E-state index is 0.150. The molecule has 7 heteroatoms. The van der Waals surface area contributed by atoms with Gasteiger partial charge in [-0.3, -0.25) is 14.2 Å². The highest BCUT2D eigenvalue weighted by Gasteiger charge is 2.21. The minimum atomic E-state index is -0.485. The van der Waals surface area contributed by atoms with Crippen molar-refractivity contribution >= 4 is 34.3 Å². The Labute approximate surface area is 203 Å². The Balaban J connectivity index is 1.71. The Hall–Kier alpha value is -3.58. The molecule has 4 aromatic rings. The molecule has 0 aliphatic carbocycles. The van der Waals surface area contributed by atoms with Crippen molar-refractivity contribution < 1.29 is 9.53 Å². The molecule has 1 atom stereocenters. The van der Waals surface area contributed by atoms with Crippen LogP contribution in [-0.2, 0) is 4.79 Å². The Morgan fingerprint density at radius 1 is 1.03 bits per heavy atom. The van der Waals surface area contributed by atoms with Crippen LogP contribution in [0.25, 0.3) is 16.6 Å². The zero-order chi connectivity index (χ0) is 24.2. The van der Waals surface area contributed by atoms with Crippen LogP contribution >= 0.6 is 11.8 Å². The van der Waals surface area contributed by atoms with Crippen LogP contribution in [0.5, 0.6) is 5.75 Å². The average Bonchev–Trinajstić information content (AvgIpc) is 2.82. The lowest BCUT2D eigenvalue weighted by Crippen LogP contribution is -2.26. The molecule has 174 valence electrons. The van der Waals surface area contributed by atoms with Crippen LogP contribution in [0, 0.1) is 13.8 Å². The summed E-state index contributed by atoms with van der Waals surface area (Å²) < 4.78 is 7.10. The van der Waals surface area contributed by atoms with Crippen LogP contribution in [0.15, 0.2) is 76.7 Å². The van der Waals surface area contributed by atoms with Crippen LogP contribution in [0.2, 0.25) is 0 Å². The van der Waals surface area contributed by atoms with E-state index in [4.69, 9.17) is 9.72 Å². The van der Waals surface area contributed by atoms with Crippen molar-refractivity contribution in [1.82, 2.24) is 9.55 Å². The van der Waals surface area contributed by atoms with Gasteiger partial charge in [0.15, 0.2) is 5.16 Å². The molecule has 4 rings (SSSR count). The number of carbonyl (C=O) groups is 1. The van der Waals surface area contributed by atoms with E-state index in [0.717, 1.165) is 22.6 Å². The molecule has 0 aliphatic heterocycles. The predicted molar refractivity (Wildman–Crippen MR) is 138 cm³/mol. The predicted octanol–water partition coefficient (Wildman–Crippen LogP) is 5.52. The fraction of sp³-hybridized carbons (Fsp3) is 0.222. The quantitative estimate of drug-likeness (QED) is 0.283. The maximum absolute atomic E-state index is 13.5. The molecule has 34 heavy (non-hydrogen) atoms. The summed E-state index contributed by atoms with van der Waals surface area (Å²) in [6.07, 6.45) is 0. The summed E-state index contributed by atoms with van der Waals surface area (Å²) >= 11 is 1.26. The number of thioether (sulfide) groups is 1. The van der Waals surface area contributed by atoms with Gasteiger partial charge in [0.1, 0.15) is 5.75 Å². The normalized spacial score (nSPS) is 11.9. The van der Waals surface area contributed by atoms with E-state index < -0.39 is 5.25 Å². The lowest BCUT2D eigenvalue weighted by Gasteiger charge is -2.18. The standard InChI is InChI=1S/C27H27N3O3S/c1-5-33-21-15-13-20(14-16-21)30-26(32)22-11-6-7-12-23(22)28-27(30)34-19(4)25(31)29-24-17(2)9-8-10-18(24)3/h6-16,19H,5H2,1-4H3,(H,29,31). The molecule has 3 aromatic carbocycles. The zero-order valence-electron chi connectivity index (χ0n) is 19.7. The number of amides is 1. The van der Waals surface area contributed by atoms with E-state index in [-0.39, 0.29) is 11.5 Å². The number of carbonyl (C=O) groups excluding carboxylic acids is 1. The highest BCUT2D eigenvalue weighted by Crippen LogP contribution is 2.28. The fourth-order valence-electron chi connectivity index (χ4n) is 3.73. The van der Waals surface area contributed by atoms with Crippen molar-refractivity contribution in [3.8, 4) is 11.4 Å². The third-order valence-electron chi connectivity index (χ3n) is 5.53. The number of fused-ring (bicyclic) bond motifs is 1. The first-order valence-corrected chi connectivity index (χ1v) is 12.1. The summed E-state index contributed by atoms with van der Waals surface area (Å²) in [5, 5.41) is 3.53. The van der Waals surface area contributed by atoms with E-state index in [0.29, 0.717) is 28.4 Å². The molecule has 1 heterocycles. The van der Waals surface area contributed by atoms with Gasteiger partial charge < -0.3 is 10.1 Å². The second kappa shape index (κ2) is 10.1. The number of hydrogen-bond acceptors (Lipinski definition) is 5. The molecule has 6 nitrogen and oxygen atoms in total. The lowest BCUT2D eigenvalue weighted by atomic mass is 10.1. The molecular weight excluding hydrogens is 446 g/mol. The SMILES string of the molecule is CCOc1ccc(-n2c(SC(C)C(=O)Nc3c(C)cccc3C)nc3ccccc3c2=O)cc1. The number of rotatable bonds is 7. The van der Waals surface area contributed by atoms with Gasteiger partial charge in [0.25, 0.3) is 5.56 Å². The van der Waals surface area contributed by atoms with Crippen molar-refractivity contribution in [1.29, 1.82) is 0 Å². The van der Waals surface area contributed by atoms with Gasteiger partial charge in [0.05, 0.1) is 28.4 Å². The van der Waals surface area contributed by atoms with Gasteiger partial charge >= 0.3 is 0 Å². The first-order chi connectivity index (χ1) is 16.4. The van der Waals surface area contributed by atoms with Gasteiger partial charge in [-0.2, -0.15) is 0 Å². The molecule has 1 amide bonds. The lowest BCUT2D eigenvalue weighted by molar-refractivity contribution is -0.115. The van der Waals surface area contributed by atoms with Gasteiger partial charge in [-0.05, 0) is 75.2 Å². The van der Waals surface area contributed by atoms with Crippen molar-refractivity contribution in [2.45, 2.75) is 38.1 Å². The number of nitrogens with zero attached hydrogens (tertiary/aromatic N) is 2. The van der Waals surface area contributed by atoms with Crippen molar-refractivity contribution in [3.63, 3.8) is 0 Å². The number of benzene rings is 3. The third-order valence-corrected chi connectivity index (χ3v) is 6.58. The second-order valence-electron chi connectivity index (χ2n) is 8.00. The molecule has 1 aromatic heterocycles. The zero-order valence-corrected chi connectivity index (χ0v) is 20.5. The van der Waals surface area contributed by atoms with E-state index in [2.05, 4.69) is 5.32 Å². The van der Waals surface area contributed by atoms with Crippen LogP contribution < -0.4 is 15.6 Å². The Kier molecular flexibility index (Phi) is 7.03. The second-order valence-corrected chi connectivity index (χ2v) is 9.30. The van der Waals surface area contributed by atoms with E-state index in [1.807, 2.05) is 88.4 Å². The van der Waals surface area contributed by atoms with E-state index >= 15 is 0 Å². The monoisotopic (exact) mass is 473 g/mol. The van der Waals surface area contributed by atoms with Gasteiger partial charge in [0.2, 0.25) is 5.91 Å². The molecule has 0 radical (unpaired) electrons. The fourth-order valence-corrected chi connectivity index (χ4v) is 4.65.